The van der Waals surface area contributed by atoms with E-state index in [0.29, 0.717) is 0 Å². The first-order chi connectivity index (χ1) is 4.47. The Balaban J connectivity index is 2.39. The number of hydrogen-bond donors (Lipinski definition) is 1. The number of fused-ring (bicyclic) bond motifs is 1. The molecule has 0 aromatic carbocycles. The van der Waals surface area contributed by atoms with Crippen LogP contribution in [0, 0.1) is 0 Å². The second-order valence-electron chi connectivity index (χ2n) is 2.18. The van der Waals surface area contributed by atoms with Crippen molar-refractivity contribution in [3.05, 3.63) is 17.5 Å². The van der Waals surface area contributed by atoms with E-state index in [4.69, 9.17) is 0 Å². The monoisotopic (exact) mass is 140 g/mol. The van der Waals surface area contributed by atoms with Gasteiger partial charge in [-0.15, -0.1) is 0 Å². The Morgan fingerprint density at radius 3 is 3.56 bits per heavy atom. The van der Waals surface area contributed by atoms with Crippen LogP contribution >= 0.6 is 11.8 Å². The van der Waals surface area contributed by atoms with Crippen LogP contribution in [0.25, 0.3) is 0 Å². The molecular formula is C6H8N2S. The average molecular weight is 140 g/mol. The number of hydrogen-bond acceptors (Lipinski definition) is 2. The third-order valence-corrected chi connectivity index (χ3v) is 2.56. The van der Waals surface area contributed by atoms with E-state index in [0.717, 1.165) is 5.75 Å². The van der Waals surface area contributed by atoms with Gasteiger partial charge >= 0.3 is 0 Å². The van der Waals surface area contributed by atoms with Crippen molar-refractivity contribution in [2.24, 2.45) is 0 Å². The van der Waals surface area contributed by atoms with Gasteiger partial charge in [-0.05, 0) is 17.7 Å². The zero-order valence-electron chi connectivity index (χ0n) is 5.05. The lowest BCUT2D eigenvalue weighted by Crippen LogP contribution is -1.98. The van der Waals surface area contributed by atoms with E-state index in [-0.39, 0.29) is 0 Å². The second-order valence-corrected chi connectivity index (χ2v) is 3.28. The van der Waals surface area contributed by atoms with Gasteiger partial charge in [-0.2, -0.15) is 16.9 Å². The molecule has 1 N–H and O–H groups in total. The molecule has 0 atom stereocenters. The summed E-state index contributed by atoms with van der Waals surface area (Å²) in [5.74, 6) is 2.38. The van der Waals surface area contributed by atoms with Crippen LogP contribution in [0.3, 0.4) is 0 Å². The lowest BCUT2D eigenvalue weighted by atomic mass is 10.2. The number of aromatic nitrogens is 2. The summed E-state index contributed by atoms with van der Waals surface area (Å²) < 4.78 is 0. The zero-order valence-corrected chi connectivity index (χ0v) is 5.87. The van der Waals surface area contributed by atoms with Crippen molar-refractivity contribution < 1.29 is 0 Å². The molecule has 0 bridgehead atoms. The zero-order chi connectivity index (χ0) is 6.10. The molecule has 0 saturated heterocycles. The van der Waals surface area contributed by atoms with Gasteiger partial charge in [0, 0.05) is 11.4 Å². The highest BCUT2D eigenvalue weighted by Crippen LogP contribution is 2.21. The van der Waals surface area contributed by atoms with E-state index in [1.807, 2.05) is 18.0 Å². The first-order valence-corrected chi connectivity index (χ1v) is 4.21. The van der Waals surface area contributed by atoms with Crippen LogP contribution in [0.1, 0.15) is 11.3 Å². The molecule has 2 nitrogen and oxygen atoms in total. The minimum absolute atomic E-state index is 1.12. The minimum atomic E-state index is 1.12. The molecule has 0 fully saturated rings. The van der Waals surface area contributed by atoms with E-state index in [2.05, 4.69) is 10.2 Å². The summed E-state index contributed by atoms with van der Waals surface area (Å²) in [6.07, 6.45) is 3.13. The summed E-state index contributed by atoms with van der Waals surface area (Å²) in [6.45, 7) is 0. The number of rotatable bonds is 0. The summed E-state index contributed by atoms with van der Waals surface area (Å²) in [6, 6.07) is 0. The van der Waals surface area contributed by atoms with Gasteiger partial charge in [0.25, 0.3) is 0 Å². The second kappa shape index (κ2) is 2.06. The standard InChI is InChI=1S/C6H8N2S/c1-2-9-4-6-5(1)3-7-8-6/h3H,1-2,4H2,(H,7,8). The first-order valence-electron chi connectivity index (χ1n) is 3.05. The molecule has 48 valence electrons. The largest absolute Gasteiger partial charge is 0.281 e. The van der Waals surface area contributed by atoms with Crippen molar-refractivity contribution in [3.63, 3.8) is 0 Å². The fraction of sp³-hybridized carbons (Fsp3) is 0.500. The molecule has 1 aliphatic rings. The molecule has 0 saturated carbocycles. The summed E-state index contributed by atoms with van der Waals surface area (Å²) in [5, 5.41) is 6.95. The van der Waals surface area contributed by atoms with Gasteiger partial charge in [-0.25, -0.2) is 0 Å². The molecular weight excluding hydrogens is 132 g/mol. The van der Waals surface area contributed by atoms with E-state index in [1.165, 1.54) is 23.4 Å². The van der Waals surface area contributed by atoms with Crippen molar-refractivity contribution >= 4 is 11.8 Å². The predicted molar refractivity (Wildman–Crippen MR) is 38.5 cm³/mol. The molecule has 2 rings (SSSR count). The van der Waals surface area contributed by atoms with Crippen LogP contribution in [0.15, 0.2) is 6.20 Å². The van der Waals surface area contributed by atoms with Gasteiger partial charge in [0.1, 0.15) is 0 Å². The fourth-order valence-electron chi connectivity index (χ4n) is 1.03. The highest BCUT2D eigenvalue weighted by atomic mass is 32.2. The summed E-state index contributed by atoms with van der Waals surface area (Å²) in [5.41, 5.74) is 2.74. The molecule has 1 aromatic rings. The molecule has 1 aromatic heterocycles. The lowest BCUT2D eigenvalue weighted by molar-refractivity contribution is 1.01. The quantitative estimate of drug-likeness (QED) is 0.586. The highest BCUT2D eigenvalue weighted by Gasteiger charge is 2.09. The number of nitrogens with one attached hydrogen (secondary N) is 1. The maximum atomic E-state index is 3.97. The van der Waals surface area contributed by atoms with Crippen LogP contribution in [0.2, 0.25) is 0 Å². The molecule has 0 aliphatic carbocycles. The Kier molecular flexibility index (Phi) is 1.23. The van der Waals surface area contributed by atoms with Crippen LogP contribution in [-0.2, 0) is 12.2 Å². The Morgan fingerprint density at radius 1 is 1.67 bits per heavy atom. The van der Waals surface area contributed by atoms with Crippen LogP contribution < -0.4 is 0 Å². The van der Waals surface area contributed by atoms with E-state index < -0.39 is 0 Å². The smallest absolute Gasteiger partial charge is 0.0522 e. The molecule has 0 radical (unpaired) electrons. The molecule has 9 heavy (non-hydrogen) atoms. The van der Waals surface area contributed by atoms with Crippen LogP contribution in [0.5, 0.6) is 0 Å². The normalized spacial score (nSPS) is 17.3. The molecule has 1 aliphatic heterocycles. The number of nitrogens with zero attached hydrogens (tertiary/aromatic N) is 1. The van der Waals surface area contributed by atoms with Gasteiger partial charge < -0.3 is 0 Å². The number of thioether (sulfide) groups is 1. The number of aromatic amines is 1. The Morgan fingerprint density at radius 2 is 2.67 bits per heavy atom. The topological polar surface area (TPSA) is 28.7 Å². The summed E-state index contributed by atoms with van der Waals surface area (Å²) in [7, 11) is 0. The Hall–Kier alpha value is -0.440. The third kappa shape index (κ3) is 0.852. The maximum Gasteiger partial charge on any atom is 0.0522 e. The Labute approximate surface area is 58.0 Å². The van der Waals surface area contributed by atoms with Gasteiger partial charge in [-0.3, -0.25) is 5.10 Å². The van der Waals surface area contributed by atoms with Crippen molar-refractivity contribution in [3.8, 4) is 0 Å². The fourth-order valence-corrected chi connectivity index (χ4v) is 2.00. The van der Waals surface area contributed by atoms with Gasteiger partial charge in [0.2, 0.25) is 0 Å². The van der Waals surface area contributed by atoms with Crippen LogP contribution in [-0.4, -0.2) is 16.0 Å². The molecule has 0 unspecified atom stereocenters. The summed E-state index contributed by atoms with van der Waals surface area (Å²) in [4.78, 5) is 0. The molecule has 0 amide bonds. The van der Waals surface area contributed by atoms with Crippen molar-refractivity contribution in [2.75, 3.05) is 5.75 Å². The number of aryl methyl sites for hydroxylation is 1. The average Bonchev–Trinajstić information content (AvgIpc) is 2.33. The maximum absolute atomic E-state index is 3.97. The van der Waals surface area contributed by atoms with Gasteiger partial charge in [0.15, 0.2) is 0 Å². The van der Waals surface area contributed by atoms with Gasteiger partial charge in [-0.1, -0.05) is 0 Å². The van der Waals surface area contributed by atoms with Crippen molar-refractivity contribution in [2.45, 2.75) is 12.2 Å². The van der Waals surface area contributed by atoms with E-state index in [9.17, 15) is 0 Å². The van der Waals surface area contributed by atoms with Crippen molar-refractivity contribution in [1.29, 1.82) is 0 Å². The highest BCUT2D eigenvalue weighted by molar-refractivity contribution is 7.98. The Bertz CT molecular complexity index is 186. The van der Waals surface area contributed by atoms with Crippen molar-refractivity contribution in [1.82, 2.24) is 10.2 Å². The summed E-state index contributed by atoms with van der Waals surface area (Å²) >= 11 is 1.97. The third-order valence-electron chi connectivity index (χ3n) is 1.57. The van der Waals surface area contributed by atoms with E-state index in [1.54, 1.807) is 0 Å². The van der Waals surface area contributed by atoms with Gasteiger partial charge in [0.05, 0.1) is 6.20 Å². The molecule has 3 heteroatoms. The lowest BCUT2D eigenvalue weighted by Gasteiger charge is -2.07. The predicted octanol–water partition coefficient (Wildman–Crippen LogP) is 1.20. The minimum Gasteiger partial charge on any atom is -0.281 e. The SMILES string of the molecule is c1n[nH]c2c1CCSC2. The van der Waals surface area contributed by atoms with Crippen LogP contribution in [0.4, 0.5) is 0 Å². The molecule has 0 spiro atoms. The number of H-pyrrole nitrogens is 1. The van der Waals surface area contributed by atoms with E-state index >= 15 is 0 Å². The molecule has 2 heterocycles. The first kappa shape index (κ1) is 5.35.